The van der Waals surface area contributed by atoms with Crippen LogP contribution in [0, 0.1) is 5.92 Å². The van der Waals surface area contributed by atoms with Crippen molar-refractivity contribution in [3.05, 3.63) is 24.3 Å². The highest BCUT2D eigenvalue weighted by Crippen LogP contribution is 2.23. The maximum Gasteiger partial charge on any atom is 0.260 e. The Balaban J connectivity index is 1.39. The smallest absolute Gasteiger partial charge is 0.260 e. The Bertz CT molecular complexity index is 623. The number of amides is 2. The number of carbonyl (C=O) groups is 2. The van der Waals surface area contributed by atoms with E-state index in [-0.39, 0.29) is 24.3 Å². The van der Waals surface area contributed by atoms with Gasteiger partial charge in [0.2, 0.25) is 5.91 Å². The van der Waals surface area contributed by atoms with Crippen molar-refractivity contribution in [2.75, 3.05) is 39.9 Å². The van der Waals surface area contributed by atoms with Crippen molar-refractivity contribution in [2.45, 2.75) is 18.9 Å². The third kappa shape index (κ3) is 4.22. The zero-order valence-corrected chi connectivity index (χ0v) is 14.5. The molecule has 0 unspecified atom stereocenters. The minimum atomic E-state index is -0.195. The highest BCUT2D eigenvalue weighted by Gasteiger charge is 2.37. The molecule has 2 aliphatic rings. The van der Waals surface area contributed by atoms with Gasteiger partial charge in [0.1, 0.15) is 11.5 Å². The third-order valence-corrected chi connectivity index (χ3v) is 5.07. The summed E-state index contributed by atoms with van der Waals surface area (Å²) in [6, 6.07) is 7.60. The summed E-state index contributed by atoms with van der Waals surface area (Å²) in [6.07, 6.45) is 1.64. The van der Waals surface area contributed by atoms with E-state index in [2.05, 4.69) is 4.90 Å². The monoisotopic (exact) mass is 347 g/mol. The SMILES string of the molecule is COc1cccc(OCC(=O)N2CC(N3CCC(C(N)=O)CC3)C2)c1. The summed E-state index contributed by atoms with van der Waals surface area (Å²) in [4.78, 5) is 27.6. The number of benzene rings is 1. The molecule has 0 aliphatic carbocycles. The maximum absolute atomic E-state index is 12.2. The van der Waals surface area contributed by atoms with Crippen LogP contribution in [0.5, 0.6) is 11.5 Å². The third-order valence-electron chi connectivity index (χ3n) is 5.07. The topological polar surface area (TPSA) is 85.1 Å². The van der Waals surface area contributed by atoms with Gasteiger partial charge < -0.3 is 20.1 Å². The molecule has 0 radical (unpaired) electrons. The second kappa shape index (κ2) is 7.74. The number of ether oxygens (including phenoxy) is 2. The van der Waals surface area contributed by atoms with Crippen molar-refractivity contribution in [1.29, 1.82) is 0 Å². The summed E-state index contributed by atoms with van der Waals surface area (Å²) in [7, 11) is 1.59. The molecule has 25 heavy (non-hydrogen) atoms. The summed E-state index contributed by atoms with van der Waals surface area (Å²) in [5.41, 5.74) is 5.36. The van der Waals surface area contributed by atoms with Gasteiger partial charge in [0.15, 0.2) is 6.61 Å². The standard InChI is InChI=1S/C18H25N3O4/c1-24-15-3-2-4-16(9-15)25-12-17(22)21-10-14(11-21)20-7-5-13(6-8-20)18(19)23/h2-4,9,13-14H,5-8,10-12H2,1H3,(H2,19,23). The highest BCUT2D eigenvalue weighted by atomic mass is 16.5. The Kier molecular flexibility index (Phi) is 5.43. The second-order valence-corrected chi connectivity index (χ2v) is 6.63. The van der Waals surface area contributed by atoms with E-state index in [1.54, 1.807) is 19.2 Å². The lowest BCUT2D eigenvalue weighted by atomic mass is 9.94. The van der Waals surface area contributed by atoms with Gasteiger partial charge in [-0.15, -0.1) is 0 Å². The van der Waals surface area contributed by atoms with Gasteiger partial charge in [-0.3, -0.25) is 14.5 Å². The largest absolute Gasteiger partial charge is 0.497 e. The van der Waals surface area contributed by atoms with Crippen molar-refractivity contribution in [2.24, 2.45) is 11.7 Å². The summed E-state index contributed by atoms with van der Waals surface area (Å²) in [6.45, 7) is 3.23. The molecule has 2 heterocycles. The molecule has 0 atom stereocenters. The number of primary amides is 1. The Morgan fingerprint density at radius 1 is 1.20 bits per heavy atom. The average Bonchev–Trinajstić information content (AvgIpc) is 2.59. The van der Waals surface area contributed by atoms with E-state index in [0.29, 0.717) is 17.5 Å². The molecule has 0 saturated carbocycles. The van der Waals surface area contributed by atoms with Crippen LogP contribution < -0.4 is 15.2 Å². The van der Waals surface area contributed by atoms with Gasteiger partial charge in [0.25, 0.3) is 5.91 Å². The zero-order valence-electron chi connectivity index (χ0n) is 14.5. The first-order valence-electron chi connectivity index (χ1n) is 8.65. The number of nitrogens with zero attached hydrogens (tertiary/aromatic N) is 2. The lowest BCUT2D eigenvalue weighted by Gasteiger charge is -2.47. The van der Waals surface area contributed by atoms with Crippen molar-refractivity contribution < 1.29 is 19.1 Å². The van der Waals surface area contributed by atoms with Gasteiger partial charge >= 0.3 is 0 Å². The molecule has 0 spiro atoms. The van der Waals surface area contributed by atoms with E-state index in [1.807, 2.05) is 17.0 Å². The fourth-order valence-electron chi connectivity index (χ4n) is 3.37. The van der Waals surface area contributed by atoms with Crippen LogP contribution in [0.1, 0.15) is 12.8 Å². The molecule has 1 aromatic carbocycles. The van der Waals surface area contributed by atoms with E-state index >= 15 is 0 Å². The van der Waals surface area contributed by atoms with Crippen molar-refractivity contribution in [3.8, 4) is 11.5 Å². The Labute approximate surface area is 147 Å². The van der Waals surface area contributed by atoms with Crippen molar-refractivity contribution in [3.63, 3.8) is 0 Å². The number of likely N-dealkylation sites (tertiary alicyclic amines) is 2. The number of hydrogen-bond donors (Lipinski definition) is 1. The van der Waals surface area contributed by atoms with E-state index in [1.165, 1.54) is 0 Å². The molecule has 7 heteroatoms. The first kappa shape index (κ1) is 17.5. The van der Waals surface area contributed by atoms with Crippen LogP contribution in [-0.4, -0.2) is 67.6 Å². The van der Waals surface area contributed by atoms with Crippen molar-refractivity contribution in [1.82, 2.24) is 9.80 Å². The normalized spacial score (nSPS) is 19.3. The van der Waals surface area contributed by atoms with Gasteiger partial charge in [-0.05, 0) is 38.1 Å². The van der Waals surface area contributed by atoms with E-state index in [4.69, 9.17) is 15.2 Å². The van der Waals surface area contributed by atoms with Crippen LogP contribution in [0.15, 0.2) is 24.3 Å². The number of nitrogens with two attached hydrogens (primary N) is 1. The average molecular weight is 347 g/mol. The fraction of sp³-hybridized carbons (Fsp3) is 0.556. The lowest BCUT2D eigenvalue weighted by molar-refractivity contribution is -0.141. The van der Waals surface area contributed by atoms with E-state index in [9.17, 15) is 9.59 Å². The van der Waals surface area contributed by atoms with Crippen LogP contribution in [0.25, 0.3) is 0 Å². The Morgan fingerprint density at radius 2 is 1.88 bits per heavy atom. The molecule has 136 valence electrons. The van der Waals surface area contributed by atoms with Crippen LogP contribution in [-0.2, 0) is 9.59 Å². The van der Waals surface area contributed by atoms with Gasteiger partial charge in [0.05, 0.1) is 7.11 Å². The molecule has 2 amide bonds. The highest BCUT2D eigenvalue weighted by molar-refractivity contribution is 5.79. The number of methoxy groups -OCH3 is 1. The van der Waals surface area contributed by atoms with Crippen LogP contribution in [0.3, 0.4) is 0 Å². The molecular formula is C18H25N3O4. The number of piperidine rings is 1. The first-order valence-corrected chi connectivity index (χ1v) is 8.65. The Morgan fingerprint density at radius 3 is 2.52 bits per heavy atom. The van der Waals surface area contributed by atoms with E-state index in [0.717, 1.165) is 39.0 Å². The molecule has 2 saturated heterocycles. The number of rotatable bonds is 6. The number of carbonyl (C=O) groups excluding carboxylic acids is 2. The van der Waals surface area contributed by atoms with Gasteiger partial charge in [0, 0.05) is 31.1 Å². The molecule has 7 nitrogen and oxygen atoms in total. The minimum absolute atomic E-state index is 0.00493. The quantitative estimate of drug-likeness (QED) is 0.809. The summed E-state index contributed by atoms with van der Waals surface area (Å²) in [5.74, 6) is 1.13. The lowest BCUT2D eigenvalue weighted by Crippen LogP contribution is -2.63. The predicted molar refractivity (Wildman–Crippen MR) is 92.3 cm³/mol. The minimum Gasteiger partial charge on any atom is -0.497 e. The first-order chi connectivity index (χ1) is 12.1. The molecule has 1 aromatic rings. The zero-order chi connectivity index (χ0) is 17.8. The van der Waals surface area contributed by atoms with Crippen LogP contribution >= 0.6 is 0 Å². The summed E-state index contributed by atoms with van der Waals surface area (Å²) < 4.78 is 10.7. The molecule has 2 fully saturated rings. The van der Waals surface area contributed by atoms with Crippen molar-refractivity contribution >= 4 is 11.8 Å². The summed E-state index contributed by atoms with van der Waals surface area (Å²) in [5, 5.41) is 0. The summed E-state index contributed by atoms with van der Waals surface area (Å²) >= 11 is 0. The van der Waals surface area contributed by atoms with Gasteiger partial charge in [-0.25, -0.2) is 0 Å². The van der Waals surface area contributed by atoms with Crippen LogP contribution in [0.2, 0.25) is 0 Å². The van der Waals surface area contributed by atoms with Crippen LogP contribution in [0.4, 0.5) is 0 Å². The van der Waals surface area contributed by atoms with E-state index < -0.39 is 0 Å². The molecule has 0 aromatic heterocycles. The molecule has 2 aliphatic heterocycles. The molecule has 2 N–H and O–H groups in total. The Hall–Kier alpha value is -2.28. The van der Waals surface area contributed by atoms with Gasteiger partial charge in [-0.2, -0.15) is 0 Å². The maximum atomic E-state index is 12.2. The molecule has 0 bridgehead atoms. The predicted octanol–water partition coefficient (Wildman–Crippen LogP) is 0.482. The molecule has 3 rings (SSSR count). The second-order valence-electron chi connectivity index (χ2n) is 6.63. The number of hydrogen-bond acceptors (Lipinski definition) is 5. The molecular weight excluding hydrogens is 322 g/mol. The fourth-order valence-corrected chi connectivity index (χ4v) is 3.37. The van der Waals surface area contributed by atoms with Gasteiger partial charge in [-0.1, -0.05) is 6.07 Å².